The van der Waals surface area contributed by atoms with E-state index in [2.05, 4.69) is 10.3 Å². The summed E-state index contributed by atoms with van der Waals surface area (Å²) >= 11 is 0. The zero-order valence-corrected chi connectivity index (χ0v) is 13.1. The maximum atomic E-state index is 12.6. The second-order valence-electron chi connectivity index (χ2n) is 6.09. The molecule has 0 saturated carbocycles. The van der Waals surface area contributed by atoms with Crippen LogP contribution < -0.4 is 10.1 Å². The van der Waals surface area contributed by atoms with Crippen molar-refractivity contribution < 1.29 is 14.3 Å². The number of para-hydroxylation sites is 1. The second-order valence-corrected chi connectivity index (χ2v) is 6.09. The number of carbonyl (C=O) groups is 2. The lowest BCUT2D eigenvalue weighted by atomic mass is 9.97. The SMILES string of the molecule is O=C1NC2(CCCN(C(=O)c3ccccn3)C2)Oc2ccccc21. The highest BCUT2D eigenvalue weighted by Gasteiger charge is 2.44. The molecule has 1 aromatic heterocycles. The lowest BCUT2D eigenvalue weighted by Gasteiger charge is -2.45. The van der Waals surface area contributed by atoms with E-state index in [9.17, 15) is 9.59 Å². The molecule has 2 aromatic rings. The van der Waals surface area contributed by atoms with Gasteiger partial charge in [-0.1, -0.05) is 18.2 Å². The molecule has 0 aliphatic carbocycles. The standard InChI is InChI=1S/C18H17N3O3/c22-16-13-6-1-2-8-15(13)24-18(20-16)9-5-11-21(12-18)17(23)14-7-3-4-10-19-14/h1-4,6-8,10H,5,9,11-12H2,(H,20,22). The first-order chi connectivity index (χ1) is 11.7. The van der Waals surface area contributed by atoms with E-state index in [0.29, 0.717) is 36.5 Å². The Morgan fingerprint density at radius 2 is 2.04 bits per heavy atom. The molecule has 1 fully saturated rings. The molecule has 6 heteroatoms. The molecule has 1 atom stereocenters. The number of pyridine rings is 1. The summed E-state index contributed by atoms with van der Waals surface area (Å²) in [6.45, 7) is 0.931. The van der Waals surface area contributed by atoms with Gasteiger partial charge in [0, 0.05) is 19.2 Å². The average Bonchev–Trinajstić information content (AvgIpc) is 2.62. The van der Waals surface area contributed by atoms with E-state index >= 15 is 0 Å². The number of likely N-dealkylation sites (tertiary alicyclic amines) is 1. The summed E-state index contributed by atoms with van der Waals surface area (Å²) in [5.74, 6) is 0.253. The van der Waals surface area contributed by atoms with E-state index in [4.69, 9.17) is 4.74 Å². The fraction of sp³-hybridized carbons (Fsp3) is 0.278. The van der Waals surface area contributed by atoms with Gasteiger partial charge in [0.25, 0.3) is 11.8 Å². The zero-order chi connectivity index (χ0) is 16.6. The highest BCUT2D eigenvalue weighted by atomic mass is 16.5. The Bertz CT molecular complexity index is 793. The Balaban J connectivity index is 1.59. The van der Waals surface area contributed by atoms with Crippen molar-refractivity contribution in [2.45, 2.75) is 18.6 Å². The maximum absolute atomic E-state index is 12.6. The molecule has 1 unspecified atom stereocenters. The van der Waals surface area contributed by atoms with E-state index in [-0.39, 0.29) is 11.8 Å². The number of amides is 2. The number of nitrogens with zero attached hydrogens (tertiary/aromatic N) is 2. The van der Waals surface area contributed by atoms with Gasteiger partial charge in [-0.15, -0.1) is 0 Å². The van der Waals surface area contributed by atoms with E-state index in [1.807, 2.05) is 6.07 Å². The normalized spacial score (nSPS) is 22.5. The van der Waals surface area contributed by atoms with Gasteiger partial charge in [-0.2, -0.15) is 0 Å². The summed E-state index contributed by atoms with van der Waals surface area (Å²) in [5.41, 5.74) is 0.0575. The molecule has 2 aliphatic heterocycles. The number of ether oxygens (including phenoxy) is 1. The summed E-state index contributed by atoms with van der Waals surface area (Å²) in [7, 11) is 0. The van der Waals surface area contributed by atoms with Crippen LogP contribution >= 0.6 is 0 Å². The molecule has 2 aliphatic rings. The third kappa shape index (κ3) is 2.50. The van der Waals surface area contributed by atoms with Crippen LogP contribution in [0.4, 0.5) is 0 Å². The fourth-order valence-electron chi connectivity index (χ4n) is 3.29. The quantitative estimate of drug-likeness (QED) is 0.869. The summed E-state index contributed by atoms with van der Waals surface area (Å²) < 4.78 is 6.10. The summed E-state index contributed by atoms with van der Waals surface area (Å²) in [5, 5.41) is 2.95. The number of hydrogen-bond donors (Lipinski definition) is 1. The van der Waals surface area contributed by atoms with Crippen LogP contribution in [0.3, 0.4) is 0 Å². The maximum Gasteiger partial charge on any atom is 0.272 e. The molecule has 3 heterocycles. The molecular weight excluding hydrogens is 306 g/mol. The van der Waals surface area contributed by atoms with Crippen molar-refractivity contribution in [1.82, 2.24) is 15.2 Å². The molecular formula is C18H17N3O3. The van der Waals surface area contributed by atoms with Gasteiger partial charge in [-0.25, -0.2) is 0 Å². The fourth-order valence-corrected chi connectivity index (χ4v) is 3.29. The molecule has 122 valence electrons. The lowest BCUT2D eigenvalue weighted by Crippen LogP contribution is -2.64. The van der Waals surface area contributed by atoms with Gasteiger partial charge < -0.3 is 15.0 Å². The Labute approximate surface area is 139 Å². The van der Waals surface area contributed by atoms with Gasteiger partial charge in [0.05, 0.1) is 12.1 Å². The largest absolute Gasteiger partial charge is 0.465 e. The molecule has 1 spiro atoms. The number of carbonyl (C=O) groups excluding carboxylic acids is 2. The monoisotopic (exact) mass is 323 g/mol. The van der Waals surface area contributed by atoms with E-state index < -0.39 is 5.72 Å². The first kappa shape index (κ1) is 14.7. The first-order valence-corrected chi connectivity index (χ1v) is 7.98. The summed E-state index contributed by atoms with van der Waals surface area (Å²) in [6, 6.07) is 12.4. The molecule has 1 N–H and O–H groups in total. The topological polar surface area (TPSA) is 71.5 Å². The van der Waals surface area contributed by atoms with Crippen molar-refractivity contribution in [2.75, 3.05) is 13.1 Å². The zero-order valence-electron chi connectivity index (χ0n) is 13.1. The van der Waals surface area contributed by atoms with Gasteiger partial charge >= 0.3 is 0 Å². The molecule has 1 saturated heterocycles. The number of piperidine rings is 1. The molecule has 0 bridgehead atoms. The van der Waals surface area contributed by atoms with E-state index in [0.717, 1.165) is 6.42 Å². The van der Waals surface area contributed by atoms with Crippen LogP contribution in [-0.2, 0) is 0 Å². The van der Waals surface area contributed by atoms with Gasteiger partial charge in [0.1, 0.15) is 11.4 Å². The third-order valence-electron chi connectivity index (χ3n) is 4.40. The van der Waals surface area contributed by atoms with E-state index in [1.54, 1.807) is 47.5 Å². The Hall–Kier alpha value is -2.89. The van der Waals surface area contributed by atoms with Crippen LogP contribution in [0, 0.1) is 0 Å². The van der Waals surface area contributed by atoms with Crippen LogP contribution in [0.5, 0.6) is 5.75 Å². The summed E-state index contributed by atoms with van der Waals surface area (Å²) in [6.07, 6.45) is 3.02. The number of rotatable bonds is 1. The highest BCUT2D eigenvalue weighted by Crippen LogP contribution is 2.32. The van der Waals surface area contributed by atoms with Crippen molar-refractivity contribution in [1.29, 1.82) is 0 Å². The van der Waals surface area contributed by atoms with Crippen molar-refractivity contribution in [2.24, 2.45) is 0 Å². The predicted octanol–water partition coefficient (Wildman–Crippen LogP) is 1.84. The minimum atomic E-state index is -0.867. The van der Waals surface area contributed by atoms with Crippen molar-refractivity contribution in [3.05, 3.63) is 59.9 Å². The Morgan fingerprint density at radius 1 is 1.21 bits per heavy atom. The van der Waals surface area contributed by atoms with Gasteiger partial charge in [-0.05, 0) is 30.7 Å². The van der Waals surface area contributed by atoms with Crippen molar-refractivity contribution >= 4 is 11.8 Å². The smallest absolute Gasteiger partial charge is 0.272 e. The average molecular weight is 323 g/mol. The third-order valence-corrected chi connectivity index (χ3v) is 4.40. The molecule has 24 heavy (non-hydrogen) atoms. The molecule has 0 radical (unpaired) electrons. The Morgan fingerprint density at radius 3 is 2.88 bits per heavy atom. The van der Waals surface area contributed by atoms with Crippen LogP contribution in [0.15, 0.2) is 48.7 Å². The minimum Gasteiger partial charge on any atom is -0.465 e. The Kier molecular flexibility index (Phi) is 3.45. The minimum absolute atomic E-state index is 0.147. The molecule has 4 rings (SSSR count). The number of fused-ring (bicyclic) bond motifs is 1. The molecule has 6 nitrogen and oxygen atoms in total. The van der Waals surface area contributed by atoms with Crippen molar-refractivity contribution in [3.8, 4) is 5.75 Å². The number of benzene rings is 1. The van der Waals surface area contributed by atoms with Crippen molar-refractivity contribution in [3.63, 3.8) is 0 Å². The van der Waals surface area contributed by atoms with Crippen LogP contribution in [0.1, 0.15) is 33.7 Å². The second kappa shape index (κ2) is 5.63. The highest BCUT2D eigenvalue weighted by molar-refractivity contribution is 5.98. The summed E-state index contributed by atoms with van der Waals surface area (Å²) in [4.78, 5) is 30.9. The van der Waals surface area contributed by atoms with Gasteiger partial charge in [0.15, 0.2) is 0 Å². The van der Waals surface area contributed by atoms with Gasteiger partial charge in [-0.3, -0.25) is 14.6 Å². The van der Waals surface area contributed by atoms with Crippen LogP contribution in [-0.4, -0.2) is 40.5 Å². The lowest BCUT2D eigenvalue weighted by molar-refractivity contribution is -0.0315. The predicted molar refractivity (Wildman–Crippen MR) is 86.6 cm³/mol. The van der Waals surface area contributed by atoms with Gasteiger partial charge in [0.2, 0.25) is 5.72 Å². The number of aromatic nitrogens is 1. The molecule has 1 aromatic carbocycles. The van der Waals surface area contributed by atoms with Crippen LogP contribution in [0.25, 0.3) is 0 Å². The van der Waals surface area contributed by atoms with E-state index in [1.165, 1.54) is 0 Å². The van der Waals surface area contributed by atoms with Crippen LogP contribution in [0.2, 0.25) is 0 Å². The first-order valence-electron chi connectivity index (χ1n) is 7.98. The molecule has 2 amide bonds. The number of nitrogens with one attached hydrogen (secondary N) is 1. The number of hydrogen-bond acceptors (Lipinski definition) is 4.